The number of carbonyl (C=O) groups is 1. The van der Waals surface area contributed by atoms with Gasteiger partial charge in [-0.05, 0) is 36.4 Å². The topological polar surface area (TPSA) is 62.2 Å². The highest BCUT2D eigenvalue weighted by atomic mass is 16.1. The van der Waals surface area contributed by atoms with Crippen LogP contribution in [0.15, 0.2) is 67.0 Å². The van der Waals surface area contributed by atoms with E-state index in [9.17, 15) is 4.79 Å². The highest BCUT2D eigenvalue weighted by Crippen LogP contribution is 2.14. The summed E-state index contributed by atoms with van der Waals surface area (Å²) in [5.74, 6) is 0.633. The number of aromatic nitrogens is 3. The lowest BCUT2D eigenvalue weighted by Crippen LogP contribution is -2.24. The van der Waals surface area contributed by atoms with Crippen molar-refractivity contribution in [2.45, 2.75) is 19.6 Å². The predicted octanol–water partition coefficient (Wildman–Crippen LogP) is 2.67. The molecule has 3 heterocycles. The Morgan fingerprint density at radius 1 is 0.808 bits per heavy atom. The molecule has 0 aliphatic rings. The molecule has 0 bridgehead atoms. The molecule has 6 heteroatoms. The monoisotopic (exact) mass is 347 g/mol. The van der Waals surface area contributed by atoms with Gasteiger partial charge < -0.3 is 4.90 Å². The van der Waals surface area contributed by atoms with Crippen molar-refractivity contribution in [3.8, 4) is 0 Å². The number of pyridine rings is 3. The number of hydrogen-bond acceptors (Lipinski definition) is 5. The lowest BCUT2D eigenvalue weighted by molar-refractivity contribution is -0.107. The molecule has 0 aliphatic heterocycles. The number of carbonyl (C=O) groups excluding carboxylic acids is 1. The summed E-state index contributed by atoms with van der Waals surface area (Å²) in [7, 11) is 1.69. The maximum atomic E-state index is 11.0. The third-order valence-electron chi connectivity index (χ3n) is 3.92. The molecule has 0 spiro atoms. The van der Waals surface area contributed by atoms with Crippen LogP contribution in [0.5, 0.6) is 0 Å². The van der Waals surface area contributed by atoms with Gasteiger partial charge in [-0.2, -0.15) is 0 Å². The average Bonchev–Trinajstić information content (AvgIpc) is 2.69. The van der Waals surface area contributed by atoms with Crippen LogP contribution >= 0.6 is 0 Å². The molecule has 0 saturated carbocycles. The van der Waals surface area contributed by atoms with Crippen molar-refractivity contribution in [3.05, 3.63) is 84.1 Å². The lowest BCUT2D eigenvalue weighted by Gasteiger charge is -2.22. The van der Waals surface area contributed by atoms with Crippen molar-refractivity contribution in [1.82, 2.24) is 19.9 Å². The molecular formula is C20H21N5O. The van der Waals surface area contributed by atoms with Gasteiger partial charge >= 0.3 is 0 Å². The highest BCUT2D eigenvalue weighted by molar-refractivity contribution is 5.71. The summed E-state index contributed by atoms with van der Waals surface area (Å²) in [6.45, 7) is 2.01. The van der Waals surface area contributed by atoms with E-state index >= 15 is 0 Å². The zero-order valence-electron chi connectivity index (χ0n) is 14.7. The van der Waals surface area contributed by atoms with Crippen molar-refractivity contribution < 1.29 is 4.79 Å². The Morgan fingerprint density at radius 2 is 1.38 bits per heavy atom. The molecule has 3 aromatic rings. The van der Waals surface area contributed by atoms with Crippen LogP contribution in [0, 0.1) is 0 Å². The molecule has 0 unspecified atom stereocenters. The fraction of sp³-hybridized carbons (Fsp3) is 0.200. The van der Waals surface area contributed by atoms with Crippen molar-refractivity contribution in [3.63, 3.8) is 0 Å². The second-order valence-electron chi connectivity index (χ2n) is 5.99. The molecule has 0 aromatic carbocycles. The fourth-order valence-corrected chi connectivity index (χ4v) is 2.64. The number of rotatable bonds is 8. The maximum absolute atomic E-state index is 11.0. The fourth-order valence-electron chi connectivity index (χ4n) is 2.64. The van der Waals surface area contributed by atoms with E-state index in [1.54, 1.807) is 19.4 Å². The van der Waals surface area contributed by atoms with Crippen LogP contribution in [-0.2, 0) is 24.4 Å². The summed E-state index contributed by atoms with van der Waals surface area (Å²) in [5.41, 5.74) is 2.87. The molecule has 0 N–H and O–H groups in total. The smallest absolute Gasteiger partial charge is 0.215 e. The van der Waals surface area contributed by atoms with Gasteiger partial charge in [-0.15, -0.1) is 0 Å². The molecule has 0 fully saturated rings. The van der Waals surface area contributed by atoms with Crippen LogP contribution in [0.2, 0.25) is 0 Å². The highest BCUT2D eigenvalue weighted by Gasteiger charge is 2.11. The molecule has 132 valence electrons. The van der Waals surface area contributed by atoms with E-state index in [1.807, 2.05) is 54.6 Å². The first-order valence-corrected chi connectivity index (χ1v) is 8.41. The van der Waals surface area contributed by atoms with Gasteiger partial charge in [-0.3, -0.25) is 19.7 Å². The van der Waals surface area contributed by atoms with Gasteiger partial charge in [-0.25, -0.2) is 4.98 Å². The van der Waals surface area contributed by atoms with Gasteiger partial charge in [-0.1, -0.05) is 18.2 Å². The molecule has 1 amide bonds. The van der Waals surface area contributed by atoms with Crippen molar-refractivity contribution in [1.29, 1.82) is 0 Å². The Kier molecular flexibility index (Phi) is 6.01. The van der Waals surface area contributed by atoms with E-state index in [1.165, 1.54) is 4.90 Å². The summed E-state index contributed by atoms with van der Waals surface area (Å²) in [6.07, 6.45) is 4.35. The average molecular weight is 347 g/mol. The van der Waals surface area contributed by atoms with Gasteiger partial charge in [0.2, 0.25) is 6.41 Å². The van der Waals surface area contributed by atoms with E-state index < -0.39 is 0 Å². The largest absolute Gasteiger partial charge is 0.303 e. The first kappa shape index (κ1) is 17.7. The first-order valence-electron chi connectivity index (χ1n) is 8.41. The molecule has 6 nitrogen and oxygen atoms in total. The third kappa shape index (κ3) is 4.94. The molecular weight excluding hydrogens is 326 g/mol. The number of anilines is 1. The zero-order chi connectivity index (χ0) is 18.2. The predicted molar refractivity (Wildman–Crippen MR) is 100 cm³/mol. The third-order valence-corrected chi connectivity index (χ3v) is 3.92. The number of amides is 1. The van der Waals surface area contributed by atoms with E-state index in [-0.39, 0.29) is 0 Å². The standard InChI is InChI=1S/C20H21N5O/c1-24(16-26)20-10-6-9-19(23-20)15-25(13-17-7-2-4-11-21-17)14-18-8-3-5-12-22-18/h2-12,16H,13-15H2,1H3. The van der Waals surface area contributed by atoms with E-state index in [2.05, 4.69) is 19.9 Å². The molecule has 26 heavy (non-hydrogen) atoms. The quantitative estimate of drug-likeness (QED) is 0.586. The van der Waals surface area contributed by atoms with Crippen LogP contribution in [0.1, 0.15) is 17.1 Å². The molecule has 0 atom stereocenters. The van der Waals surface area contributed by atoms with Gasteiger partial charge in [0, 0.05) is 39.1 Å². The summed E-state index contributed by atoms with van der Waals surface area (Å²) in [4.78, 5) is 28.1. The van der Waals surface area contributed by atoms with Gasteiger partial charge in [0.25, 0.3) is 0 Å². The molecule has 0 saturated heterocycles. The summed E-state index contributed by atoms with van der Waals surface area (Å²) < 4.78 is 0. The lowest BCUT2D eigenvalue weighted by atomic mass is 10.2. The molecule has 3 rings (SSSR count). The SMILES string of the molecule is CN(C=O)c1cccc(CN(Cc2ccccn2)Cc2ccccn2)n1. The van der Waals surface area contributed by atoms with Crippen molar-refractivity contribution >= 4 is 12.2 Å². The van der Waals surface area contributed by atoms with Gasteiger partial charge in [0.05, 0.1) is 17.1 Å². The first-order chi connectivity index (χ1) is 12.7. The Morgan fingerprint density at radius 3 is 1.92 bits per heavy atom. The Bertz CT molecular complexity index is 784. The minimum Gasteiger partial charge on any atom is -0.303 e. The van der Waals surface area contributed by atoms with Crippen LogP contribution in [0.4, 0.5) is 5.82 Å². The molecule has 0 radical (unpaired) electrons. The van der Waals surface area contributed by atoms with Crippen molar-refractivity contribution in [2.75, 3.05) is 11.9 Å². The molecule has 3 aromatic heterocycles. The van der Waals surface area contributed by atoms with Crippen LogP contribution in [0.25, 0.3) is 0 Å². The van der Waals surface area contributed by atoms with E-state index in [0.29, 0.717) is 25.5 Å². The summed E-state index contributed by atoms with van der Waals surface area (Å²) in [5, 5.41) is 0. The summed E-state index contributed by atoms with van der Waals surface area (Å²) >= 11 is 0. The van der Waals surface area contributed by atoms with Crippen LogP contribution in [0.3, 0.4) is 0 Å². The van der Waals surface area contributed by atoms with Gasteiger partial charge in [0.15, 0.2) is 0 Å². The van der Waals surface area contributed by atoms with E-state index in [4.69, 9.17) is 0 Å². The Hall–Kier alpha value is -3.12. The maximum Gasteiger partial charge on any atom is 0.215 e. The van der Waals surface area contributed by atoms with Crippen LogP contribution in [-0.4, -0.2) is 33.3 Å². The normalized spacial score (nSPS) is 10.7. The zero-order valence-corrected chi connectivity index (χ0v) is 14.7. The second kappa shape index (κ2) is 8.82. The Labute approximate surface area is 153 Å². The van der Waals surface area contributed by atoms with Gasteiger partial charge in [0.1, 0.15) is 5.82 Å². The number of hydrogen-bond donors (Lipinski definition) is 0. The summed E-state index contributed by atoms with van der Waals surface area (Å²) in [6, 6.07) is 17.5. The Balaban J connectivity index is 1.79. The molecule has 0 aliphatic carbocycles. The number of nitrogens with zero attached hydrogens (tertiary/aromatic N) is 5. The second-order valence-corrected chi connectivity index (χ2v) is 5.99. The van der Waals surface area contributed by atoms with Crippen molar-refractivity contribution in [2.24, 2.45) is 0 Å². The van der Waals surface area contributed by atoms with E-state index in [0.717, 1.165) is 23.5 Å². The van der Waals surface area contributed by atoms with Crippen LogP contribution < -0.4 is 4.90 Å². The minimum absolute atomic E-state index is 0.633. The minimum atomic E-state index is 0.633.